The van der Waals surface area contributed by atoms with Gasteiger partial charge in [0.05, 0.1) is 80.2 Å². The lowest BCUT2D eigenvalue weighted by molar-refractivity contribution is -0.136. The summed E-state index contributed by atoms with van der Waals surface area (Å²) >= 11 is 0. The molecule has 0 radical (unpaired) electrons. The van der Waals surface area contributed by atoms with Gasteiger partial charge in [-0.05, 0) is 64.3 Å². The van der Waals surface area contributed by atoms with Gasteiger partial charge in [0.1, 0.15) is 34.8 Å². The molecule has 67 heavy (non-hydrogen) atoms. The van der Waals surface area contributed by atoms with Crippen LogP contribution in [0, 0.1) is 13.8 Å². The number of aromatic amines is 1. The zero-order chi connectivity index (χ0) is 46.8. The first-order chi connectivity index (χ1) is 32.5. The predicted octanol–water partition coefficient (Wildman–Crippen LogP) is 4.52. The summed E-state index contributed by atoms with van der Waals surface area (Å²) < 4.78 is 30.2. The molecule has 6 aromatic rings. The number of ether oxygens (including phenoxy) is 4. The summed E-state index contributed by atoms with van der Waals surface area (Å²) in [5.41, 5.74) is 5.45. The van der Waals surface area contributed by atoms with E-state index in [2.05, 4.69) is 36.4 Å². The van der Waals surface area contributed by atoms with Crippen molar-refractivity contribution < 1.29 is 47.4 Å². The Morgan fingerprint density at radius 2 is 1.66 bits per heavy atom. The SMILES string of the molecule is CCn1nc(C2CC2)cc1Nc1nc(C(=O)NCCOCCOCCOCCNc2cccc3c2C(=O)N(C2CCC(=O)NC2=O)C3=O)nc2[nH]c3cc(-c4c(C)noc4C)c(OC)cc3c12. The van der Waals surface area contributed by atoms with Crippen LogP contribution in [0.3, 0.4) is 0 Å². The molecule has 21 nitrogen and oxygen atoms in total. The van der Waals surface area contributed by atoms with Crippen LogP contribution in [0.4, 0.5) is 17.3 Å². The highest BCUT2D eigenvalue weighted by Gasteiger charge is 2.45. The maximum absolute atomic E-state index is 13.6. The highest BCUT2D eigenvalue weighted by Crippen LogP contribution is 2.43. The molecule has 21 heteroatoms. The molecule has 9 rings (SSSR count). The van der Waals surface area contributed by atoms with E-state index in [1.54, 1.807) is 25.3 Å². The molecular formula is C46H51N11O10. The molecule has 2 aliphatic heterocycles. The van der Waals surface area contributed by atoms with Crippen molar-refractivity contribution in [3.63, 3.8) is 0 Å². The Morgan fingerprint density at radius 3 is 2.36 bits per heavy atom. The van der Waals surface area contributed by atoms with Crippen LogP contribution < -0.4 is 26.0 Å². The Balaban J connectivity index is 0.750. The lowest BCUT2D eigenvalue weighted by Gasteiger charge is -2.27. The second kappa shape index (κ2) is 19.3. The van der Waals surface area contributed by atoms with Crippen molar-refractivity contribution in [3.8, 4) is 16.9 Å². The van der Waals surface area contributed by atoms with E-state index in [9.17, 15) is 24.0 Å². The number of aromatic nitrogens is 6. The van der Waals surface area contributed by atoms with Crippen LogP contribution in [0.25, 0.3) is 33.1 Å². The average molecular weight is 918 g/mol. The molecule has 1 unspecified atom stereocenters. The summed E-state index contributed by atoms with van der Waals surface area (Å²) in [6, 6.07) is 9.79. The van der Waals surface area contributed by atoms with E-state index in [0.29, 0.717) is 79.5 Å². The third-order valence-electron chi connectivity index (χ3n) is 11.9. The summed E-state index contributed by atoms with van der Waals surface area (Å²) in [5, 5.41) is 22.1. The fourth-order valence-electron chi connectivity index (χ4n) is 8.50. The van der Waals surface area contributed by atoms with Gasteiger partial charge in [-0.15, -0.1) is 0 Å². The van der Waals surface area contributed by atoms with Gasteiger partial charge >= 0.3 is 0 Å². The van der Waals surface area contributed by atoms with Gasteiger partial charge in [-0.1, -0.05) is 11.2 Å². The van der Waals surface area contributed by atoms with Crippen molar-refractivity contribution in [2.45, 2.75) is 65.0 Å². The molecule has 5 amide bonds. The molecule has 3 aliphatic rings. The third-order valence-corrected chi connectivity index (χ3v) is 11.9. The van der Waals surface area contributed by atoms with E-state index in [-0.39, 0.29) is 49.6 Å². The highest BCUT2D eigenvalue weighted by molar-refractivity contribution is 6.25. The van der Waals surface area contributed by atoms with E-state index < -0.39 is 35.6 Å². The van der Waals surface area contributed by atoms with Crippen LogP contribution in [0.1, 0.15) is 87.0 Å². The number of benzene rings is 2. The molecule has 6 heterocycles. The lowest BCUT2D eigenvalue weighted by atomic mass is 10.0. The second-order valence-electron chi connectivity index (χ2n) is 16.4. The van der Waals surface area contributed by atoms with E-state index >= 15 is 0 Å². The minimum atomic E-state index is -1.04. The number of carbonyl (C=O) groups excluding carboxylic acids is 5. The Hall–Kier alpha value is -7.23. The number of imide groups is 2. The molecule has 2 fully saturated rings. The van der Waals surface area contributed by atoms with Crippen LogP contribution in [-0.2, 0) is 30.3 Å². The fraction of sp³-hybridized carbons (Fsp3) is 0.413. The molecule has 0 bridgehead atoms. The van der Waals surface area contributed by atoms with Crippen molar-refractivity contribution in [2.24, 2.45) is 0 Å². The first kappa shape index (κ1) is 44.9. The standard InChI is InChI=1S/C46H51N11O10/c1-5-56-35(23-31(54-56)26-9-10-26)50-41-39-28-22-34(63-4)29(37-24(2)55-67-25(37)3)21-32(28)49-40(39)52-42(53-41)44(60)48-14-16-65-18-20-66-19-17-64-15-13-47-30-8-6-7-27-38(30)46(62)57(45(27)61)33-11-12-36(58)51-43(33)59/h6-8,21-23,26,33,47H,5,9-20H2,1-4H3,(H,48,60)(H,51,58,59)(H2,49,50,52,53). The number of rotatable bonds is 21. The molecule has 1 aliphatic carbocycles. The number of anilines is 3. The van der Waals surface area contributed by atoms with Crippen LogP contribution in [0.2, 0.25) is 0 Å². The maximum Gasteiger partial charge on any atom is 0.289 e. The largest absolute Gasteiger partial charge is 0.496 e. The van der Waals surface area contributed by atoms with Gasteiger partial charge in [0.25, 0.3) is 17.7 Å². The lowest BCUT2D eigenvalue weighted by Crippen LogP contribution is -2.54. The van der Waals surface area contributed by atoms with Crippen molar-refractivity contribution in [1.29, 1.82) is 0 Å². The minimum Gasteiger partial charge on any atom is -0.496 e. The van der Waals surface area contributed by atoms with E-state index in [1.165, 1.54) is 0 Å². The number of piperidine rings is 1. The van der Waals surface area contributed by atoms with Gasteiger partial charge in [0.2, 0.25) is 17.6 Å². The van der Waals surface area contributed by atoms with Crippen LogP contribution in [0.5, 0.6) is 5.75 Å². The zero-order valence-corrected chi connectivity index (χ0v) is 37.6. The number of nitrogens with zero attached hydrogens (tertiary/aromatic N) is 6. The predicted molar refractivity (Wildman–Crippen MR) is 242 cm³/mol. The van der Waals surface area contributed by atoms with Crippen LogP contribution >= 0.6 is 0 Å². The number of nitrogens with one attached hydrogen (secondary N) is 5. The van der Waals surface area contributed by atoms with Gasteiger partial charge in [-0.25, -0.2) is 14.6 Å². The van der Waals surface area contributed by atoms with Gasteiger partial charge < -0.3 is 44.4 Å². The number of carbonyl (C=O) groups is 5. The third kappa shape index (κ3) is 9.16. The number of H-pyrrole nitrogens is 1. The van der Waals surface area contributed by atoms with Gasteiger partial charge in [-0.2, -0.15) is 5.10 Å². The van der Waals surface area contributed by atoms with E-state index in [0.717, 1.165) is 57.0 Å². The Kier molecular flexibility index (Phi) is 13.0. The van der Waals surface area contributed by atoms with Gasteiger partial charge in [0, 0.05) is 60.2 Å². The van der Waals surface area contributed by atoms with Gasteiger partial charge in [0.15, 0.2) is 0 Å². The Bertz CT molecular complexity index is 2880. The summed E-state index contributed by atoms with van der Waals surface area (Å²) in [6.45, 7) is 8.68. The number of aryl methyl sites for hydroxylation is 3. The molecule has 4 aromatic heterocycles. The molecule has 1 atom stereocenters. The van der Waals surface area contributed by atoms with Crippen LogP contribution in [0.15, 0.2) is 40.9 Å². The summed E-state index contributed by atoms with van der Waals surface area (Å²) in [4.78, 5) is 77.7. The number of amides is 5. The molecule has 2 aromatic carbocycles. The zero-order valence-electron chi connectivity index (χ0n) is 37.6. The summed E-state index contributed by atoms with van der Waals surface area (Å²) in [5.74, 6) is 0.177. The monoisotopic (exact) mass is 917 g/mol. The molecule has 1 saturated carbocycles. The quantitative estimate of drug-likeness (QED) is 0.0491. The number of hydrogen-bond acceptors (Lipinski definition) is 16. The summed E-state index contributed by atoms with van der Waals surface area (Å²) in [6.07, 6.45) is 2.35. The topological polar surface area (TPSA) is 259 Å². The Morgan fingerprint density at radius 1 is 0.896 bits per heavy atom. The first-order valence-corrected chi connectivity index (χ1v) is 22.3. The average Bonchev–Trinajstić information content (AvgIpc) is 3.76. The minimum absolute atomic E-state index is 0.0318. The number of hydrogen-bond donors (Lipinski definition) is 5. The van der Waals surface area contributed by atoms with E-state index in [4.69, 9.17) is 33.6 Å². The van der Waals surface area contributed by atoms with Crippen molar-refractivity contribution in [2.75, 3.05) is 70.5 Å². The van der Waals surface area contributed by atoms with Crippen molar-refractivity contribution in [3.05, 3.63) is 70.5 Å². The van der Waals surface area contributed by atoms with Gasteiger partial charge in [-0.3, -0.25) is 34.2 Å². The summed E-state index contributed by atoms with van der Waals surface area (Å²) in [7, 11) is 1.61. The smallest absolute Gasteiger partial charge is 0.289 e. The maximum atomic E-state index is 13.6. The molecule has 5 N–H and O–H groups in total. The molecule has 350 valence electrons. The fourth-order valence-corrected chi connectivity index (χ4v) is 8.50. The van der Waals surface area contributed by atoms with Crippen molar-refractivity contribution >= 4 is 68.8 Å². The molecular weight excluding hydrogens is 867 g/mol. The van der Waals surface area contributed by atoms with Crippen molar-refractivity contribution in [1.82, 2.24) is 45.4 Å². The normalized spacial score (nSPS) is 16.0. The first-order valence-electron chi connectivity index (χ1n) is 22.3. The van der Waals surface area contributed by atoms with E-state index in [1.807, 2.05) is 43.7 Å². The highest BCUT2D eigenvalue weighted by atomic mass is 16.5. The van der Waals surface area contributed by atoms with Crippen LogP contribution in [-0.4, -0.2) is 130 Å². The second-order valence-corrected chi connectivity index (χ2v) is 16.4. The molecule has 1 saturated heterocycles. The number of fused-ring (bicyclic) bond motifs is 4. The molecule has 0 spiro atoms. The number of methoxy groups -OCH3 is 1. The Labute approximate surface area is 383 Å².